The first-order valence-electron chi connectivity index (χ1n) is 5.97. The average Bonchev–Trinajstić information content (AvgIpc) is 2.21. The first-order valence-corrected chi connectivity index (χ1v) is 5.97. The molecule has 17 heavy (non-hydrogen) atoms. The van der Waals surface area contributed by atoms with Crippen molar-refractivity contribution in [2.75, 3.05) is 0 Å². The molecule has 1 atom stereocenters. The molecule has 3 nitrogen and oxygen atoms in total. The normalized spacial score (nSPS) is 19.9. The second-order valence-corrected chi connectivity index (χ2v) is 4.95. The third-order valence-corrected chi connectivity index (χ3v) is 3.26. The molecule has 0 spiro atoms. The maximum absolute atomic E-state index is 5.76. The fourth-order valence-electron chi connectivity index (χ4n) is 2.44. The van der Waals surface area contributed by atoms with Crippen LogP contribution in [0.4, 0.5) is 0 Å². The Bertz CT molecular complexity index is 489. The van der Waals surface area contributed by atoms with E-state index in [9.17, 15) is 0 Å². The predicted molar refractivity (Wildman–Crippen MR) is 72.6 cm³/mol. The van der Waals surface area contributed by atoms with E-state index in [0.717, 1.165) is 12.1 Å². The molecule has 1 heterocycles. The summed E-state index contributed by atoms with van der Waals surface area (Å²) in [6.07, 6.45) is 0.875. The zero-order valence-electron chi connectivity index (χ0n) is 10.9. The van der Waals surface area contributed by atoms with Crippen molar-refractivity contribution in [2.45, 2.75) is 34.1 Å². The predicted octanol–water partition coefficient (Wildman–Crippen LogP) is 2.71. The van der Waals surface area contributed by atoms with Crippen LogP contribution in [0.15, 0.2) is 22.3 Å². The summed E-state index contributed by atoms with van der Waals surface area (Å²) in [5.74, 6) is 0.916. The minimum absolute atomic E-state index is 0.280. The van der Waals surface area contributed by atoms with Crippen LogP contribution in [0.2, 0.25) is 0 Å². The van der Waals surface area contributed by atoms with Crippen molar-refractivity contribution >= 4 is 11.5 Å². The molecule has 1 aromatic rings. The lowest BCUT2D eigenvalue weighted by Gasteiger charge is -2.19. The van der Waals surface area contributed by atoms with Gasteiger partial charge in [0.25, 0.3) is 0 Å². The van der Waals surface area contributed by atoms with Crippen LogP contribution in [0.3, 0.4) is 0 Å². The van der Waals surface area contributed by atoms with E-state index in [0.29, 0.717) is 5.84 Å². The maximum atomic E-state index is 5.76. The summed E-state index contributed by atoms with van der Waals surface area (Å²) in [5.41, 5.74) is 11.9. The molecule has 90 valence electrons. The van der Waals surface area contributed by atoms with Crippen molar-refractivity contribution in [1.82, 2.24) is 0 Å². The van der Waals surface area contributed by atoms with E-state index in [2.05, 4.69) is 50.0 Å². The highest BCUT2D eigenvalue weighted by Gasteiger charge is 2.19. The fraction of sp³-hybridized carbons (Fsp3) is 0.429. The second-order valence-electron chi connectivity index (χ2n) is 4.95. The van der Waals surface area contributed by atoms with Gasteiger partial charge in [0.05, 0.1) is 5.71 Å². The molecular weight excluding hydrogens is 210 g/mol. The second kappa shape index (κ2) is 4.32. The Morgan fingerprint density at radius 3 is 2.24 bits per heavy atom. The first kappa shape index (κ1) is 11.8. The molecule has 0 amide bonds. The Hall–Kier alpha value is -1.64. The summed E-state index contributed by atoms with van der Waals surface area (Å²) in [7, 11) is 0. The molecule has 1 aromatic carbocycles. The Morgan fingerprint density at radius 2 is 1.71 bits per heavy atom. The highest BCUT2D eigenvalue weighted by atomic mass is 15.2. The summed E-state index contributed by atoms with van der Waals surface area (Å²) in [6.45, 7) is 8.46. The van der Waals surface area contributed by atoms with Crippen molar-refractivity contribution in [3.63, 3.8) is 0 Å². The smallest absolute Gasteiger partial charge is 0.125 e. The van der Waals surface area contributed by atoms with E-state index in [1.807, 2.05) is 0 Å². The Morgan fingerprint density at radius 1 is 1.12 bits per heavy atom. The van der Waals surface area contributed by atoms with E-state index < -0.39 is 0 Å². The van der Waals surface area contributed by atoms with Gasteiger partial charge in [-0.15, -0.1) is 5.10 Å². The van der Waals surface area contributed by atoms with E-state index in [-0.39, 0.29) is 5.92 Å². The van der Waals surface area contributed by atoms with Gasteiger partial charge in [-0.1, -0.05) is 24.6 Å². The van der Waals surface area contributed by atoms with Gasteiger partial charge in [-0.25, -0.2) is 0 Å². The number of nitrogens with two attached hydrogens (primary N) is 1. The fourth-order valence-corrected chi connectivity index (χ4v) is 2.44. The monoisotopic (exact) mass is 229 g/mol. The molecule has 1 unspecified atom stereocenters. The molecular formula is C14H19N3. The highest BCUT2D eigenvalue weighted by Crippen LogP contribution is 2.22. The number of hydrogen-bond donors (Lipinski definition) is 1. The molecule has 1 aliphatic heterocycles. The van der Waals surface area contributed by atoms with Crippen molar-refractivity contribution in [2.24, 2.45) is 21.9 Å². The Labute approximate surface area is 102 Å². The molecule has 0 saturated heterocycles. The van der Waals surface area contributed by atoms with Crippen molar-refractivity contribution in [1.29, 1.82) is 0 Å². The van der Waals surface area contributed by atoms with Crippen LogP contribution in [0.1, 0.15) is 35.6 Å². The van der Waals surface area contributed by atoms with Gasteiger partial charge in [0, 0.05) is 17.9 Å². The van der Waals surface area contributed by atoms with Gasteiger partial charge in [0.1, 0.15) is 5.84 Å². The van der Waals surface area contributed by atoms with Crippen LogP contribution in [0.5, 0.6) is 0 Å². The number of rotatable bonds is 1. The van der Waals surface area contributed by atoms with E-state index >= 15 is 0 Å². The summed E-state index contributed by atoms with van der Waals surface area (Å²) in [6, 6.07) is 4.38. The van der Waals surface area contributed by atoms with Crippen LogP contribution in [-0.2, 0) is 0 Å². The Balaban J connectivity index is 2.49. The molecule has 0 fully saturated rings. The van der Waals surface area contributed by atoms with Crippen molar-refractivity contribution in [3.05, 3.63) is 34.4 Å². The van der Waals surface area contributed by atoms with Crippen molar-refractivity contribution in [3.8, 4) is 0 Å². The minimum Gasteiger partial charge on any atom is -0.385 e. The number of nitrogens with zero attached hydrogens (tertiary/aromatic N) is 2. The zero-order valence-corrected chi connectivity index (χ0v) is 10.9. The standard InChI is InChI=1S/C14H19N3/c1-8-5-9(2)13(10(3)6-8)12-7-11(4)14(15)17-16-12/h5-6,11H,7H2,1-4H3,(H2,15,17). The van der Waals surface area contributed by atoms with E-state index in [1.54, 1.807) is 0 Å². The molecule has 0 saturated carbocycles. The molecule has 2 N–H and O–H groups in total. The van der Waals surface area contributed by atoms with Crippen LogP contribution in [-0.4, -0.2) is 11.5 Å². The van der Waals surface area contributed by atoms with Crippen molar-refractivity contribution < 1.29 is 0 Å². The third-order valence-electron chi connectivity index (χ3n) is 3.26. The molecule has 1 aliphatic rings. The Kier molecular flexibility index (Phi) is 3.01. The molecule has 2 rings (SSSR count). The third kappa shape index (κ3) is 2.23. The summed E-state index contributed by atoms with van der Waals surface area (Å²) < 4.78 is 0. The van der Waals surface area contributed by atoms with Crippen LogP contribution in [0.25, 0.3) is 0 Å². The van der Waals surface area contributed by atoms with Gasteiger partial charge in [-0.05, 0) is 31.9 Å². The summed E-state index contributed by atoms with van der Waals surface area (Å²) in [4.78, 5) is 0. The SMILES string of the molecule is Cc1cc(C)c(C2=NN=C(N)C(C)C2)c(C)c1. The molecule has 0 radical (unpaired) electrons. The van der Waals surface area contributed by atoms with Gasteiger partial charge in [0.2, 0.25) is 0 Å². The molecule has 0 aliphatic carbocycles. The van der Waals surface area contributed by atoms with Crippen LogP contribution in [0, 0.1) is 26.7 Å². The number of hydrogen-bond acceptors (Lipinski definition) is 3. The number of aryl methyl sites for hydroxylation is 3. The van der Waals surface area contributed by atoms with Gasteiger partial charge < -0.3 is 5.73 Å². The van der Waals surface area contributed by atoms with Crippen LogP contribution >= 0.6 is 0 Å². The minimum atomic E-state index is 0.280. The highest BCUT2D eigenvalue weighted by molar-refractivity contribution is 6.06. The van der Waals surface area contributed by atoms with E-state index in [1.165, 1.54) is 22.3 Å². The number of benzene rings is 1. The van der Waals surface area contributed by atoms with Crippen LogP contribution < -0.4 is 5.73 Å². The van der Waals surface area contributed by atoms with Gasteiger partial charge in [0.15, 0.2) is 0 Å². The lowest BCUT2D eigenvalue weighted by molar-refractivity contribution is 0.778. The van der Waals surface area contributed by atoms with Gasteiger partial charge in [-0.2, -0.15) is 5.10 Å². The lowest BCUT2D eigenvalue weighted by Crippen LogP contribution is -2.27. The molecule has 0 bridgehead atoms. The topological polar surface area (TPSA) is 50.7 Å². The zero-order chi connectivity index (χ0) is 12.6. The van der Waals surface area contributed by atoms with Gasteiger partial charge in [-0.3, -0.25) is 0 Å². The average molecular weight is 229 g/mol. The summed E-state index contributed by atoms with van der Waals surface area (Å²) in [5, 5.41) is 8.32. The molecule has 0 aromatic heterocycles. The largest absolute Gasteiger partial charge is 0.385 e. The summed E-state index contributed by atoms with van der Waals surface area (Å²) >= 11 is 0. The van der Waals surface area contributed by atoms with E-state index in [4.69, 9.17) is 5.73 Å². The van der Waals surface area contributed by atoms with Gasteiger partial charge >= 0.3 is 0 Å². The first-order chi connectivity index (χ1) is 7.99. The number of amidine groups is 1. The molecule has 3 heteroatoms. The lowest BCUT2D eigenvalue weighted by atomic mass is 9.90. The maximum Gasteiger partial charge on any atom is 0.125 e. The quantitative estimate of drug-likeness (QED) is 0.791.